The second kappa shape index (κ2) is 9.00. The molecule has 1 aliphatic rings. The number of fused-ring (bicyclic) bond motifs is 1. The molecular formula is C25H23FN2O3. The van der Waals surface area contributed by atoms with Crippen LogP contribution in [-0.4, -0.2) is 30.1 Å². The van der Waals surface area contributed by atoms with E-state index in [1.165, 1.54) is 17.7 Å². The monoisotopic (exact) mass is 418 g/mol. The first-order valence-corrected chi connectivity index (χ1v) is 10.2. The molecule has 6 heteroatoms. The molecule has 0 radical (unpaired) electrons. The molecule has 2 amide bonds. The van der Waals surface area contributed by atoms with Crippen LogP contribution >= 0.6 is 0 Å². The first-order valence-electron chi connectivity index (χ1n) is 10.2. The average molecular weight is 418 g/mol. The van der Waals surface area contributed by atoms with Gasteiger partial charge in [0.2, 0.25) is 0 Å². The van der Waals surface area contributed by atoms with Crippen LogP contribution in [0.3, 0.4) is 0 Å². The zero-order valence-corrected chi connectivity index (χ0v) is 17.2. The number of nitrogens with one attached hydrogen (secondary N) is 1. The molecule has 1 N–H and O–H groups in total. The summed E-state index contributed by atoms with van der Waals surface area (Å²) in [6, 6.07) is 20.3. The highest BCUT2D eigenvalue weighted by Gasteiger charge is 2.32. The van der Waals surface area contributed by atoms with Gasteiger partial charge in [-0.05, 0) is 66.4 Å². The minimum atomic E-state index is -0.399. The van der Waals surface area contributed by atoms with Gasteiger partial charge in [0.05, 0.1) is 18.2 Å². The summed E-state index contributed by atoms with van der Waals surface area (Å²) in [5.41, 5.74) is 4.07. The van der Waals surface area contributed by atoms with Crippen LogP contribution in [0, 0.1) is 5.82 Å². The molecule has 3 aromatic rings. The standard InChI is InChI=1S/C25H23FN2O3/c1-2-31-24(29)19-9-13-21(14-10-19)27-25(30)28-16-15-17-5-3-4-6-22(17)23(28)18-7-11-20(26)12-8-18/h3-14,23H,2,15-16H2,1H3,(H,27,30)/t23-/m1/s1. The number of anilines is 1. The number of urea groups is 1. The van der Waals surface area contributed by atoms with Crippen molar-refractivity contribution in [2.75, 3.05) is 18.5 Å². The van der Waals surface area contributed by atoms with Gasteiger partial charge in [-0.3, -0.25) is 0 Å². The first-order chi connectivity index (χ1) is 15.1. The van der Waals surface area contributed by atoms with Gasteiger partial charge in [-0.2, -0.15) is 0 Å². The number of benzene rings is 3. The van der Waals surface area contributed by atoms with Crippen molar-refractivity contribution in [1.82, 2.24) is 4.90 Å². The molecular weight excluding hydrogens is 395 g/mol. The Hall–Kier alpha value is -3.67. The van der Waals surface area contributed by atoms with Crippen molar-refractivity contribution in [1.29, 1.82) is 0 Å². The topological polar surface area (TPSA) is 58.6 Å². The van der Waals surface area contributed by atoms with Crippen LogP contribution in [-0.2, 0) is 11.2 Å². The highest BCUT2D eigenvalue weighted by atomic mass is 19.1. The third-order valence-corrected chi connectivity index (χ3v) is 5.38. The van der Waals surface area contributed by atoms with Gasteiger partial charge >= 0.3 is 12.0 Å². The fourth-order valence-corrected chi connectivity index (χ4v) is 3.89. The molecule has 4 rings (SSSR count). The molecule has 0 unspecified atom stereocenters. The van der Waals surface area contributed by atoms with Crippen LogP contribution in [0.15, 0.2) is 72.8 Å². The summed E-state index contributed by atoms with van der Waals surface area (Å²) in [5.74, 6) is -0.713. The fourth-order valence-electron chi connectivity index (χ4n) is 3.89. The lowest BCUT2D eigenvalue weighted by atomic mass is 9.88. The molecule has 1 heterocycles. The number of hydrogen-bond acceptors (Lipinski definition) is 3. The Kier molecular flexibility index (Phi) is 5.98. The lowest BCUT2D eigenvalue weighted by Crippen LogP contribution is -2.43. The van der Waals surface area contributed by atoms with Crippen LogP contribution < -0.4 is 5.32 Å². The van der Waals surface area contributed by atoms with Crippen molar-refractivity contribution in [3.63, 3.8) is 0 Å². The number of nitrogens with zero attached hydrogens (tertiary/aromatic N) is 1. The molecule has 0 aromatic heterocycles. The summed E-state index contributed by atoms with van der Waals surface area (Å²) in [6.07, 6.45) is 0.739. The van der Waals surface area contributed by atoms with Gasteiger partial charge in [0.15, 0.2) is 0 Å². The number of amides is 2. The Morgan fingerprint density at radius 1 is 1.03 bits per heavy atom. The van der Waals surface area contributed by atoms with Crippen LogP contribution in [0.2, 0.25) is 0 Å². The van der Waals surface area contributed by atoms with Crippen molar-refractivity contribution in [3.05, 3.63) is 101 Å². The van der Waals surface area contributed by atoms with E-state index in [0.29, 0.717) is 24.4 Å². The Bertz CT molecular complexity index is 1080. The number of ether oxygens (including phenoxy) is 1. The molecule has 0 saturated heterocycles. The molecule has 158 valence electrons. The Morgan fingerprint density at radius 2 is 1.74 bits per heavy atom. The van der Waals surface area contributed by atoms with Gasteiger partial charge in [-0.1, -0.05) is 36.4 Å². The largest absolute Gasteiger partial charge is 0.462 e. The molecule has 0 fully saturated rings. The lowest BCUT2D eigenvalue weighted by molar-refractivity contribution is 0.0526. The van der Waals surface area contributed by atoms with Crippen molar-refractivity contribution in [2.45, 2.75) is 19.4 Å². The SMILES string of the molecule is CCOC(=O)c1ccc(NC(=O)N2CCc3ccccc3[C@H]2c2ccc(F)cc2)cc1. The molecule has 5 nitrogen and oxygen atoms in total. The zero-order valence-electron chi connectivity index (χ0n) is 17.2. The number of esters is 1. The van der Waals surface area contributed by atoms with Gasteiger partial charge in [0.1, 0.15) is 5.82 Å². The third kappa shape index (κ3) is 4.43. The summed E-state index contributed by atoms with van der Waals surface area (Å²) in [6.45, 7) is 2.59. The van der Waals surface area contributed by atoms with Crippen molar-refractivity contribution in [2.24, 2.45) is 0 Å². The molecule has 3 aromatic carbocycles. The number of carbonyl (C=O) groups is 2. The Balaban J connectivity index is 1.59. The number of halogens is 1. The van der Waals surface area contributed by atoms with E-state index >= 15 is 0 Å². The van der Waals surface area contributed by atoms with Crippen molar-refractivity contribution < 1.29 is 18.7 Å². The van der Waals surface area contributed by atoms with Crippen molar-refractivity contribution in [3.8, 4) is 0 Å². The maximum atomic E-state index is 13.5. The van der Waals surface area contributed by atoms with E-state index in [4.69, 9.17) is 4.74 Å². The van der Waals surface area contributed by atoms with E-state index in [0.717, 1.165) is 17.5 Å². The van der Waals surface area contributed by atoms with E-state index in [9.17, 15) is 14.0 Å². The van der Waals surface area contributed by atoms with Crippen molar-refractivity contribution >= 4 is 17.7 Å². The predicted octanol–water partition coefficient (Wildman–Crippen LogP) is 5.18. The molecule has 0 aliphatic carbocycles. The highest BCUT2D eigenvalue weighted by molar-refractivity contribution is 5.92. The summed E-state index contributed by atoms with van der Waals surface area (Å²) < 4.78 is 18.5. The summed E-state index contributed by atoms with van der Waals surface area (Å²) in [5, 5.41) is 2.91. The van der Waals surface area contributed by atoms with E-state index in [1.54, 1.807) is 48.2 Å². The van der Waals surface area contributed by atoms with Gasteiger partial charge in [-0.25, -0.2) is 14.0 Å². The second-order valence-corrected chi connectivity index (χ2v) is 7.32. The summed E-state index contributed by atoms with van der Waals surface area (Å²) in [7, 11) is 0. The molecule has 31 heavy (non-hydrogen) atoms. The van der Waals surface area contributed by atoms with Crippen LogP contribution in [0.5, 0.6) is 0 Å². The van der Waals surface area contributed by atoms with Crippen LogP contribution in [0.1, 0.15) is 40.0 Å². The highest BCUT2D eigenvalue weighted by Crippen LogP contribution is 2.35. The number of rotatable bonds is 4. The summed E-state index contributed by atoms with van der Waals surface area (Å²) >= 11 is 0. The number of carbonyl (C=O) groups excluding carboxylic acids is 2. The van der Waals surface area contributed by atoms with Gasteiger partial charge in [0, 0.05) is 12.2 Å². The van der Waals surface area contributed by atoms with Gasteiger partial charge in [-0.15, -0.1) is 0 Å². The normalized spacial score (nSPS) is 15.2. The smallest absolute Gasteiger partial charge is 0.338 e. The minimum absolute atomic E-state index is 0.257. The first kappa shape index (κ1) is 20.6. The Morgan fingerprint density at radius 3 is 2.45 bits per heavy atom. The third-order valence-electron chi connectivity index (χ3n) is 5.38. The quantitative estimate of drug-likeness (QED) is 0.594. The molecule has 1 aliphatic heterocycles. The average Bonchev–Trinajstić information content (AvgIpc) is 2.79. The Labute approximate surface area is 180 Å². The maximum absolute atomic E-state index is 13.5. The molecule has 0 spiro atoms. The van der Waals surface area contributed by atoms with Gasteiger partial charge < -0.3 is 15.0 Å². The van der Waals surface area contributed by atoms with E-state index in [1.807, 2.05) is 18.2 Å². The molecule has 0 saturated carbocycles. The fraction of sp³-hybridized carbons (Fsp3) is 0.200. The van der Waals surface area contributed by atoms with Crippen LogP contribution in [0.4, 0.5) is 14.9 Å². The zero-order chi connectivity index (χ0) is 21.8. The summed E-state index contributed by atoms with van der Waals surface area (Å²) in [4.78, 5) is 26.8. The van der Waals surface area contributed by atoms with Gasteiger partial charge in [0.25, 0.3) is 0 Å². The second-order valence-electron chi connectivity index (χ2n) is 7.32. The van der Waals surface area contributed by atoms with Crippen LogP contribution in [0.25, 0.3) is 0 Å². The molecule has 0 bridgehead atoms. The van der Waals surface area contributed by atoms with E-state index in [2.05, 4.69) is 11.4 Å². The number of hydrogen-bond donors (Lipinski definition) is 1. The minimum Gasteiger partial charge on any atom is -0.462 e. The maximum Gasteiger partial charge on any atom is 0.338 e. The van der Waals surface area contributed by atoms with E-state index < -0.39 is 5.97 Å². The lowest BCUT2D eigenvalue weighted by Gasteiger charge is -2.37. The predicted molar refractivity (Wildman–Crippen MR) is 117 cm³/mol. The van der Waals surface area contributed by atoms with E-state index in [-0.39, 0.29) is 17.9 Å². The molecule has 1 atom stereocenters.